The zero-order valence-electron chi connectivity index (χ0n) is 12.5. The van der Waals surface area contributed by atoms with Crippen LogP contribution in [0.1, 0.15) is 19.3 Å². The number of amides is 2. The Balaban J connectivity index is 1.75. The number of terminal acetylenes is 1. The Hall–Kier alpha value is -2.42. The van der Waals surface area contributed by atoms with E-state index >= 15 is 0 Å². The van der Waals surface area contributed by atoms with Crippen molar-refractivity contribution in [3.63, 3.8) is 0 Å². The van der Waals surface area contributed by atoms with Crippen molar-refractivity contribution in [2.24, 2.45) is 5.92 Å². The molecule has 1 saturated heterocycles. The van der Waals surface area contributed by atoms with Crippen molar-refractivity contribution in [1.29, 1.82) is 0 Å². The van der Waals surface area contributed by atoms with Gasteiger partial charge >= 0.3 is 0 Å². The molecule has 0 radical (unpaired) electrons. The van der Waals surface area contributed by atoms with Gasteiger partial charge in [0.25, 0.3) is 0 Å². The lowest BCUT2D eigenvalue weighted by Gasteiger charge is -2.23. The SMILES string of the molecule is C#CCN(C(=O)[C@@H]1CC(=O)N(c2ccc(F)c(F)c2)C1)C1CC1. The average molecular weight is 318 g/mol. The maximum absolute atomic E-state index is 13.3. The molecule has 23 heavy (non-hydrogen) atoms. The Labute approximate surface area is 133 Å². The van der Waals surface area contributed by atoms with Crippen LogP contribution < -0.4 is 4.90 Å². The molecule has 1 saturated carbocycles. The summed E-state index contributed by atoms with van der Waals surface area (Å²) in [6.07, 6.45) is 7.23. The van der Waals surface area contributed by atoms with E-state index in [-0.39, 0.29) is 43.1 Å². The third-order valence-electron chi connectivity index (χ3n) is 4.22. The minimum atomic E-state index is -1.02. The summed E-state index contributed by atoms with van der Waals surface area (Å²) < 4.78 is 26.4. The van der Waals surface area contributed by atoms with Gasteiger partial charge in [-0.25, -0.2) is 8.78 Å². The Bertz CT molecular complexity index is 694. The summed E-state index contributed by atoms with van der Waals surface area (Å²) in [4.78, 5) is 27.7. The lowest BCUT2D eigenvalue weighted by Crippen LogP contribution is -2.39. The number of benzene rings is 1. The first-order valence-corrected chi connectivity index (χ1v) is 7.50. The zero-order valence-corrected chi connectivity index (χ0v) is 12.5. The number of halogens is 2. The second kappa shape index (κ2) is 5.99. The van der Waals surface area contributed by atoms with Crippen LogP contribution in [0, 0.1) is 29.9 Å². The second-order valence-corrected chi connectivity index (χ2v) is 5.91. The molecule has 1 aliphatic heterocycles. The third kappa shape index (κ3) is 3.04. The van der Waals surface area contributed by atoms with Gasteiger partial charge in [0, 0.05) is 30.8 Å². The number of anilines is 1. The smallest absolute Gasteiger partial charge is 0.229 e. The topological polar surface area (TPSA) is 40.6 Å². The summed E-state index contributed by atoms with van der Waals surface area (Å²) in [5, 5.41) is 0. The molecule has 1 aromatic rings. The van der Waals surface area contributed by atoms with Gasteiger partial charge in [-0.15, -0.1) is 6.42 Å². The van der Waals surface area contributed by atoms with Gasteiger partial charge in [-0.1, -0.05) is 5.92 Å². The number of rotatable bonds is 4. The van der Waals surface area contributed by atoms with E-state index in [1.54, 1.807) is 4.90 Å². The minimum absolute atomic E-state index is 0.0611. The monoisotopic (exact) mass is 318 g/mol. The highest BCUT2D eigenvalue weighted by atomic mass is 19.2. The summed E-state index contributed by atoms with van der Waals surface area (Å²) in [5.74, 6) is -0.414. The molecule has 1 aliphatic carbocycles. The first-order chi connectivity index (χ1) is 11.0. The fraction of sp³-hybridized carbons (Fsp3) is 0.412. The van der Waals surface area contributed by atoms with Crippen LogP contribution in [0.2, 0.25) is 0 Å². The molecule has 3 rings (SSSR count). The molecule has 0 spiro atoms. The highest BCUT2D eigenvalue weighted by Gasteiger charge is 2.41. The molecule has 4 nitrogen and oxygen atoms in total. The normalized spacial score (nSPS) is 20.5. The number of hydrogen-bond donors (Lipinski definition) is 0. The van der Waals surface area contributed by atoms with Crippen LogP contribution in [0.5, 0.6) is 0 Å². The molecule has 2 aliphatic rings. The van der Waals surface area contributed by atoms with Crippen molar-refractivity contribution in [2.45, 2.75) is 25.3 Å². The predicted molar refractivity (Wildman–Crippen MR) is 80.4 cm³/mol. The van der Waals surface area contributed by atoms with E-state index in [0.29, 0.717) is 0 Å². The van der Waals surface area contributed by atoms with Gasteiger partial charge in [-0.3, -0.25) is 9.59 Å². The van der Waals surface area contributed by atoms with Crippen molar-refractivity contribution in [3.8, 4) is 12.3 Å². The molecule has 0 N–H and O–H groups in total. The van der Waals surface area contributed by atoms with E-state index in [0.717, 1.165) is 25.0 Å². The molecule has 120 valence electrons. The molecule has 0 unspecified atom stereocenters. The molecule has 2 fully saturated rings. The van der Waals surface area contributed by atoms with Crippen LogP contribution >= 0.6 is 0 Å². The summed E-state index contributed by atoms with van der Waals surface area (Å²) in [5.41, 5.74) is 0.263. The average Bonchev–Trinajstić information content (AvgIpc) is 3.29. The van der Waals surface area contributed by atoms with Gasteiger partial charge in [0.1, 0.15) is 0 Å². The second-order valence-electron chi connectivity index (χ2n) is 5.91. The standard InChI is InChI=1S/C17H16F2N2O2/c1-2-7-20(12-3-4-12)17(23)11-8-16(22)21(10-11)13-5-6-14(18)15(19)9-13/h1,5-6,9,11-12H,3-4,7-8,10H2/t11-/m1/s1. The number of nitrogens with zero attached hydrogens (tertiary/aromatic N) is 2. The highest BCUT2D eigenvalue weighted by molar-refractivity contribution is 6.00. The van der Waals surface area contributed by atoms with Crippen molar-refractivity contribution < 1.29 is 18.4 Å². The third-order valence-corrected chi connectivity index (χ3v) is 4.22. The largest absolute Gasteiger partial charge is 0.328 e. The van der Waals surface area contributed by atoms with Crippen LogP contribution in [0.4, 0.5) is 14.5 Å². The molecular formula is C17H16F2N2O2. The van der Waals surface area contributed by atoms with Gasteiger partial charge in [0.15, 0.2) is 11.6 Å². The fourth-order valence-electron chi connectivity index (χ4n) is 2.88. The highest BCUT2D eigenvalue weighted by Crippen LogP contribution is 2.32. The van der Waals surface area contributed by atoms with Crippen LogP contribution in [-0.4, -0.2) is 35.8 Å². The molecule has 1 heterocycles. The van der Waals surface area contributed by atoms with E-state index in [4.69, 9.17) is 6.42 Å². The van der Waals surface area contributed by atoms with Crippen molar-refractivity contribution in [2.75, 3.05) is 18.0 Å². The van der Waals surface area contributed by atoms with Gasteiger partial charge in [-0.2, -0.15) is 0 Å². The zero-order chi connectivity index (χ0) is 16.6. The molecule has 0 bridgehead atoms. The molecular weight excluding hydrogens is 302 g/mol. The molecule has 0 aromatic heterocycles. The summed E-state index contributed by atoms with van der Waals surface area (Å²) in [7, 11) is 0. The van der Waals surface area contributed by atoms with Crippen LogP contribution in [0.3, 0.4) is 0 Å². The maximum atomic E-state index is 13.3. The van der Waals surface area contributed by atoms with Gasteiger partial charge in [0.2, 0.25) is 11.8 Å². The lowest BCUT2D eigenvalue weighted by atomic mass is 10.1. The van der Waals surface area contributed by atoms with Crippen LogP contribution in [0.15, 0.2) is 18.2 Å². The van der Waals surface area contributed by atoms with Crippen LogP contribution in [0.25, 0.3) is 0 Å². The molecule has 1 aromatic carbocycles. The Morgan fingerprint density at radius 3 is 2.70 bits per heavy atom. The van der Waals surface area contributed by atoms with Crippen molar-refractivity contribution >= 4 is 17.5 Å². The molecule has 1 atom stereocenters. The lowest BCUT2D eigenvalue weighted by molar-refractivity contribution is -0.135. The van der Waals surface area contributed by atoms with E-state index in [2.05, 4.69) is 5.92 Å². The van der Waals surface area contributed by atoms with E-state index in [9.17, 15) is 18.4 Å². The summed E-state index contributed by atoms with van der Waals surface area (Å²) in [6.45, 7) is 0.399. The van der Waals surface area contributed by atoms with E-state index < -0.39 is 17.6 Å². The van der Waals surface area contributed by atoms with Gasteiger partial charge < -0.3 is 9.80 Å². The predicted octanol–water partition coefficient (Wildman–Crippen LogP) is 1.94. The van der Waals surface area contributed by atoms with E-state index in [1.165, 1.54) is 11.0 Å². The minimum Gasteiger partial charge on any atom is -0.328 e. The van der Waals surface area contributed by atoms with Gasteiger partial charge in [0.05, 0.1) is 12.5 Å². The number of hydrogen-bond acceptors (Lipinski definition) is 2. The molecule has 6 heteroatoms. The summed E-state index contributed by atoms with van der Waals surface area (Å²) >= 11 is 0. The first-order valence-electron chi connectivity index (χ1n) is 7.50. The Kier molecular flexibility index (Phi) is 4.03. The van der Waals surface area contributed by atoms with Crippen LogP contribution in [-0.2, 0) is 9.59 Å². The Morgan fingerprint density at radius 1 is 1.35 bits per heavy atom. The van der Waals surface area contributed by atoms with E-state index in [1.807, 2.05) is 0 Å². The quantitative estimate of drug-likeness (QED) is 0.796. The number of carbonyl (C=O) groups is 2. The first kappa shape index (κ1) is 15.5. The maximum Gasteiger partial charge on any atom is 0.229 e. The van der Waals surface area contributed by atoms with Crippen molar-refractivity contribution in [1.82, 2.24) is 4.90 Å². The fourth-order valence-corrected chi connectivity index (χ4v) is 2.88. The Morgan fingerprint density at radius 2 is 2.09 bits per heavy atom. The number of carbonyl (C=O) groups excluding carboxylic acids is 2. The van der Waals surface area contributed by atoms with Crippen molar-refractivity contribution in [3.05, 3.63) is 29.8 Å². The van der Waals surface area contributed by atoms with Gasteiger partial charge in [-0.05, 0) is 25.0 Å². The molecule has 2 amide bonds. The summed E-state index contributed by atoms with van der Waals surface area (Å²) in [6, 6.07) is 3.46.